The van der Waals surface area contributed by atoms with E-state index in [-0.39, 0.29) is 137 Å². The molecule has 0 amide bonds. The minimum atomic E-state index is -4.97. The van der Waals surface area contributed by atoms with Gasteiger partial charge >= 0.3 is 31.8 Å². The van der Waals surface area contributed by atoms with Crippen molar-refractivity contribution in [1.82, 2.24) is 39.0 Å². The highest BCUT2D eigenvalue weighted by Crippen LogP contribution is 2.48. The zero-order valence-electron chi connectivity index (χ0n) is 64.7. The smallest absolute Gasteiger partial charge is 0.355 e. The Labute approximate surface area is 723 Å². The molecule has 0 unspecified atom stereocenters. The van der Waals surface area contributed by atoms with Gasteiger partial charge in [-0.2, -0.15) is 50.2 Å². The van der Waals surface area contributed by atoms with Gasteiger partial charge in [-0.05, 0) is 182 Å². The Bertz CT molecular complexity index is 7330. The molecule has 0 atom stereocenters. The summed E-state index contributed by atoms with van der Waals surface area (Å²) in [6.07, 6.45) is 7.69. The van der Waals surface area contributed by atoms with Gasteiger partial charge in [0.2, 0.25) is 28.4 Å². The van der Waals surface area contributed by atoms with Crippen LogP contribution in [0.25, 0.3) is 44.1 Å². The summed E-state index contributed by atoms with van der Waals surface area (Å²) < 4.78 is 186. The molecule has 2 saturated carbocycles. The highest BCUT2D eigenvalue weighted by atomic mass is 35.5. The van der Waals surface area contributed by atoms with Gasteiger partial charge in [-0.25, -0.2) is 4.98 Å². The van der Waals surface area contributed by atoms with Crippen LogP contribution in [0.15, 0.2) is 188 Å². The summed E-state index contributed by atoms with van der Waals surface area (Å²) in [5.74, 6) is -1.02. The number of nitrogens with zero attached hydrogens (tertiary/aromatic N) is 8. The van der Waals surface area contributed by atoms with E-state index in [9.17, 15) is 67.7 Å². The number of pyridine rings is 2. The zero-order valence-corrected chi connectivity index (χ0v) is 71.1. The van der Waals surface area contributed by atoms with Gasteiger partial charge in [0.15, 0.2) is 23.1 Å². The monoisotopic (exact) mass is 1850 g/mol. The number of ketones is 4. The summed E-state index contributed by atoms with van der Waals surface area (Å²) in [6, 6.07) is 40.2. The number of anilines is 8. The quantitative estimate of drug-likeness (QED) is 0.0245. The molecule has 0 aliphatic heterocycles. The number of fused-ring (bicyclic) bond motifs is 4. The molecule has 45 heteroatoms. The molecule has 0 bridgehead atoms. The minimum absolute atomic E-state index is 0.0122. The maximum Gasteiger partial charge on any atom is 0.425 e. The summed E-state index contributed by atoms with van der Waals surface area (Å²) in [5, 5.41) is 16.4. The number of aryl methyl sites for hydroxylation is 2. The first-order chi connectivity index (χ1) is 59.2. The van der Waals surface area contributed by atoms with Gasteiger partial charge < -0.3 is 35.7 Å². The van der Waals surface area contributed by atoms with Crippen LogP contribution in [-0.4, -0.2) is 151 Å². The molecule has 0 spiro atoms. The van der Waals surface area contributed by atoms with Crippen LogP contribution >= 0.6 is 23.2 Å². The standard InChI is InChI=1S/C80H65Cl2N13O15S3.3O3S/c1-94-57-31-29-54(64-66(57)62(50-15-6-8-17-52(50)72(64)98)68(74(94)100)70(96)42-11-4-3-5-12-42)83-47-27-33-59(112(105,106)107)44(36-47)38-61-88-76(81)90-78(89-61)84-45-23-19-40(20-24-45)35-41-21-25-46(26-22-41)85-79-91-77(82)92-80(93-79)86-48-28-34-60(113(108,109)110)56(39-48)87-55-30-32-58-67-63(51-16-7-9-18-53(51)73(99)65(55)67)69(75(101)95(58)2)71(97)43-13-10-14-49(37-43)111(102,103)104;3*1-4(2)3/h3-18,27-34,36-37,39-41,45-46,83,87H,19-26,35,38H2,1-2H3,(H,102,103,104)(H,105,106,107)(H,108,109,110)(H,84,88,89,90)(H2,85,86,91,92,93);;;. The molecule has 4 aliphatic rings. The van der Waals surface area contributed by atoms with E-state index < -0.39 is 111 Å². The SMILES string of the molecule is Cn1c(=O)c(C(=O)c2ccccc2)c2c3c(c(Nc4ccc(S(=O)(=O)O)c(Cc5nc(Cl)nc(NC6CCC(CC7CCC(Nc8nc(Cl)nc(Nc9ccc(S(=O)(=O)O)c(Nc%10ccc%11c%12c%10C(=O)c%10ccccc%10-c%12c(C(=O)c%10cccc(S(=O)(=O)O)c%10)c(=O)n%11C)c9)n8)CC7)CC6)n5)c4)ccc31)C(=O)c1ccccc1-2.O=S(=O)=O.O=S(=O)=O.O=S(=O)=O. The van der Waals surface area contributed by atoms with Crippen molar-refractivity contribution < 1.29 is 96.0 Å². The van der Waals surface area contributed by atoms with E-state index in [1.54, 1.807) is 92.0 Å². The molecular formula is C80H65Cl2N13O24S6. The normalized spacial score (nSPS) is 15.6. The van der Waals surface area contributed by atoms with E-state index in [0.717, 1.165) is 80.6 Å². The number of nitrogens with one attached hydrogen (secondary N) is 5. The molecule has 0 saturated heterocycles. The van der Waals surface area contributed by atoms with E-state index in [2.05, 4.69) is 56.5 Å². The van der Waals surface area contributed by atoms with E-state index >= 15 is 0 Å². The van der Waals surface area contributed by atoms with Gasteiger partial charge in [0.05, 0.1) is 60.1 Å². The molecule has 125 heavy (non-hydrogen) atoms. The average Bonchev–Trinajstić information content (AvgIpc) is 0.713. The van der Waals surface area contributed by atoms with Crippen molar-refractivity contribution in [2.24, 2.45) is 25.9 Å². The fraction of sp³-hybridized carbons (Fsp3) is 0.200. The summed E-state index contributed by atoms with van der Waals surface area (Å²) in [5.41, 5.74) is 1.04. The van der Waals surface area contributed by atoms with Crippen LogP contribution in [0.4, 0.5) is 46.3 Å². The molecular weight excluding hydrogens is 1790 g/mol. The van der Waals surface area contributed by atoms with Crippen LogP contribution in [0.3, 0.4) is 0 Å². The van der Waals surface area contributed by atoms with Crippen molar-refractivity contribution in [2.45, 2.75) is 91.0 Å². The second-order valence-corrected chi connectivity index (χ2v) is 35.1. The summed E-state index contributed by atoms with van der Waals surface area (Å²) in [6.45, 7) is 0. The molecule has 12 aromatic rings. The predicted molar refractivity (Wildman–Crippen MR) is 453 cm³/mol. The molecule has 16 rings (SSSR count). The Hall–Kier alpha value is -12.9. The lowest BCUT2D eigenvalue weighted by Gasteiger charge is -2.34. The lowest BCUT2D eigenvalue weighted by atomic mass is 9.75. The van der Waals surface area contributed by atoms with Gasteiger partial charge in [0, 0.05) is 88.1 Å². The highest BCUT2D eigenvalue weighted by molar-refractivity contribution is 7.86. The number of rotatable bonds is 21. The van der Waals surface area contributed by atoms with Crippen LogP contribution in [-0.2, 0) is 82.7 Å². The molecule has 4 heterocycles. The van der Waals surface area contributed by atoms with Gasteiger partial charge in [0.1, 0.15) is 10.7 Å². The number of benzene rings is 8. The Morgan fingerprint density at radius 3 is 1.34 bits per heavy atom. The molecule has 0 radical (unpaired) electrons. The van der Waals surface area contributed by atoms with Crippen LogP contribution in [0.5, 0.6) is 0 Å². The maximum atomic E-state index is 14.8. The first kappa shape index (κ1) is 89.8. The van der Waals surface area contributed by atoms with Gasteiger partial charge in [-0.3, -0.25) is 42.4 Å². The lowest BCUT2D eigenvalue weighted by molar-refractivity contribution is 0.102. The van der Waals surface area contributed by atoms with Crippen molar-refractivity contribution >= 4 is 177 Å². The number of carbonyl (C=O) groups excluding carboxylic acids is 4. The molecule has 4 aliphatic carbocycles. The molecule has 37 nitrogen and oxygen atoms in total. The van der Waals surface area contributed by atoms with Crippen molar-refractivity contribution in [3.63, 3.8) is 0 Å². The van der Waals surface area contributed by atoms with Crippen molar-refractivity contribution in [3.05, 3.63) is 251 Å². The topological polar surface area (TPSA) is 567 Å². The molecule has 2 fully saturated rings. The molecule has 8 N–H and O–H groups in total. The van der Waals surface area contributed by atoms with E-state index in [0.29, 0.717) is 50.8 Å². The lowest BCUT2D eigenvalue weighted by Crippen LogP contribution is -2.30. The van der Waals surface area contributed by atoms with E-state index in [1.807, 2.05) is 0 Å². The third-order valence-electron chi connectivity index (χ3n) is 21.4. The Morgan fingerprint density at radius 1 is 0.424 bits per heavy atom. The van der Waals surface area contributed by atoms with Crippen LogP contribution in [0, 0.1) is 11.8 Å². The number of hydrogen-bond donors (Lipinski definition) is 8. The van der Waals surface area contributed by atoms with Crippen molar-refractivity contribution in [1.29, 1.82) is 0 Å². The summed E-state index contributed by atoms with van der Waals surface area (Å²) >= 11 is 13.1. The number of carbonyl (C=O) groups is 4. The Kier molecular flexibility index (Phi) is 26.5. The van der Waals surface area contributed by atoms with Gasteiger partial charge in [-0.15, -0.1) is 37.9 Å². The van der Waals surface area contributed by atoms with Crippen molar-refractivity contribution in [2.75, 3.05) is 26.6 Å². The Balaban J connectivity index is 0.00000105. The number of aromatic nitrogens is 8. The van der Waals surface area contributed by atoms with Crippen molar-refractivity contribution in [3.8, 4) is 22.3 Å². The molecule has 644 valence electrons. The summed E-state index contributed by atoms with van der Waals surface area (Å²) in [7, 11) is -21.0. The maximum absolute atomic E-state index is 14.8. The highest BCUT2D eigenvalue weighted by Gasteiger charge is 2.38. The molecule has 4 aromatic heterocycles. The first-order valence-corrected chi connectivity index (χ1v) is 45.4. The minimum Gasteiger partial charge on any atom is -0.355 e. The van der Waals surface area contributed by atoms with E-state index in [1.165, 1.54) is 72.3 Å². The predicted octanol–water partition coefficient (Wildman–Crippen LogP) is 10.5. The number of hydrogen-bond acceptors (Lipinski definition) is 32. The van der Waals surface area contributed by atoms with E-state index in [4.69, 9.17) is 61.1 Å². The first-order valence-electron chi connectivity index (χ1n) is 37.3. The molecule has 8 aromatic carbocycles. The second kappa shape index (κ2) is 36.8. The van der Waals surface area contributed by atoms with Crippen LogP contribution in [0.2, 0.25) is 10.6 Å². The van der Waals surface area contributed by atoms with Crippen LogP contribution < -0.4 is 37.7 Å². The summed E-state index contributed by atoms with van der Waals surface area (Å²) in [4.78, 5) is 112. The van der Waals surface area contributed by atoms with Gasteiger partial charge in [-0.1, -0.05) is 91.0 Å². The Morgan fingerprint density at radius 2 is 0.848 bits per heavy atom. The fourth-order valence-electron chi connectivity index (χ4n) is 16.2. The fourth-order valence-corrected chi connectivity index (χ4v) is 18.3. The largest absolute Gasteiger partial charge is 0.425 e. The third kappa shape index (κ3) is 20.0. The zero-order chi connectivity index (χ0) is 90.0. The number of halogens is 2. The van der Waals surface area contributed by atoms with Crippen LogP contribution in [0.1, 0.15) is 133 Å². The van der Waals surface area contributed by atoms with Gasteiger partial charge in [0.25, 0.3) is 41.5 Å². The second-order valence-electron chi connectivity index (χ2n) is 29.0. The third-order valence-corrected chi connectivity index (χ3v) is 24.4. The average molecular weight is 1860 g/mol.